The second-order valence-electron chi connectivity index (χ2n) is 8.92. The summed E-state index contributed by atoms with van der Waals surface area (Å²) in [4.78, 5) is 9.18. The van der Waals surface area contributed by atoms with Crippen LogP contribution < -0.4 is 9.47 Å². The smallest absolute Gasteiger partial charge is 0.256 e. The van der Waals surface area contributed by atoms with E-state index in [1.165, 1.54) is 43.4 Å². The minimum absolute atomic E-state index is 0.0864. The first kappa shape index (κ1) is 21.1. The molecule has 1 aliphatic carbocycles. The molecule has 1 saturated heterocycles. The van der Waals surface area contributed by atoms with Gasteiger partial charge < -0.3 is 14.2 Å². The molecule has 2 aliphatic rings. The summed E-state index contributed by atoms with van der Waals surface area (Å²) in [5, 5.41) is 0. The third kappa shape index (κ3) is 4.46. The van der Waals surface area contributed by atoms with Crippen molar-refractivity contribution in [1.29, 1.82) is 0 Å². The number of hydrogen-bond acceptors (Lipinski definition) is 5. The van der Waals surface area contributed by atoms with Gasteiger partial charge in [0.15, 0.2) is 5.75 Å². The molecule has 0 amide bonds. The van der Waals surface area contributed by atoms with Gasteiger partial charge in [0, 0.05) is 30.1 Å². The molecule has 1 saturated carbocycles. The minimum Gasteiger partial charge on any atom is -0.491 e. The molecule has 0 N–H and O–H groups in total. The van der Waals surface area contributed by atoms with Crippen LogP contribution in [0.25, 0.3) is 0 Å². The van der Waals surface area contributed by atoms with Crippen molar-refractivity contribution < 1.29 is 14.2 Å². The van der Waals surface area contributed by atoms with Crippen LogP contribution in [0.3, 0.4) is 0 Å². The van der Waals surface area contributed by atoms with Gasteiger partial charge in [0.05, 0.1) is 19.8 Å². The lowest BCUT2D eigenvalue weighted by molar-refractivity contribution is -0.104. The molecule has 5 heteroatoms. The molecule has 3 heterocycles. The van der Waals surface area contributed by atoms with Crippen LogP contribution in [0, 0.1) is 0 Å². The Balaban J connectivity index is 1.43. The number of aryl methyl sites for hydroxylation is 1. The van der Waals surface area contributed by atoms with Crippen LogP contribution in [0.2, 0.25) is 0 Å². The van der Waals surface area contributed by atoms with E-state index in [0.29, 0.717) is 11.6 Å². The number of rotatable bonds is 8. The molecule has 2 fully saturated rings. The van der Waals surface area contributed by atoms with E-state index in [1.807, 2.05) is 24.5 Å². The Morgan fingerprint density at radius 2 is 1.90 bits per heavy atom. The summed E-state index contributed by atoms with van der Waals surface area (Å²) in [7, 11) is 3.27. The molecular weight excluding hydrogens is 376 g/mol. The zero-order valence-corrected chi connectivity index (χ0v) is 18.4. The Morgan fingerprint density at radius 3 is 2.63 bits per heavy atom. The van der Waals surface area contributed by atoms with Crippen molar-refractivity contribution in [2.45, 2.75) is 75.2 Å². The molecule has 4 rings (SSSR count). The highest BCUT2D eigenvalue weighted by Crippen LogP contribution is 2.50. The summed E-state index contributed by atoms with van der Waals surface area (Å²) in [6.07, 6.45) is 15.5. The molecule has 1 atom stereocenters. The van der Waals surface area contributed by atoms with Crippen LogP contribution in [-0.4, -0.2) is 36.4 Å². The molecule has 1 aliphatic heterocycles. The van der Waals surface area contributed by atoms with Crippen LogP contribution in [0.4, 0.5) is 0 Å². The third-order valence-electron chi connectivity index (χ3n) is 7.03. The van der Waals surface area contributed by atoms with Crippen molar-refractivity contribution in [2.24, 2.45) is 0 Å². The highest BCUT2D eigenvalue weighted by Gasteiger charge is 2.48. The van der Waals surface area contributed by atoms with Crippen molar-refractivity contribution in [3.63, 3.8) is 0 Å². The predicted octanol–water partition coefficient (Wildman–Crippen LogP) is 5.27. The molecule has 0 aromatic carbocycles. The van der Waals surface area contributed by atoms with Gasteiger partial charge in [0.25, 0.3) is 5.88 Å². The molecule has 0 radical (unpaired) electrons. The van der Waals surface area contributed by atoms with Crippen molar-refractivity contribution in [3.8, 4) is 11.6 Å². The van der Waals surface area contributed by atoms with E-state index in [9.17, 15) is 0 Å². The van der Waals surface area contributed by atoms with Gasteiger partial charge in [-0.25, -0.2) is 4.98 Å². The van der Waals surface area contributed by atoms with Gasteiger partial charge in [-0.2, -0.15) is 0 Å². The molecule has 1 spiro atoms. The number of unbranched alkanes of at least 4 members (excludes halogenated alkanes) is 1. The zero-order chi connectivity index (χ0) is 20.9. The number of hydrogen-bond donors (Lipinski definition) is 0. The predicted molar refractivity (Wildman–Crippen MR) is 117 cm³/mol. The fraction of sp³-hybridized carbons (Fsp3) is 0.600. The molecule has 30 heavy (non-hydrogen) atoms. The molecule has 0 bridgehead atoms. The van der Waals surface area contributed by atoms with Crippen LogP contribution in [0.15, 0.2) is 36.7 Å². The third-order valence-corrected chi connectivity index (χ3v) is 7.03. The molecule has 5 nitrogen and oxygen atoms in total. The Hall–Kier alpha value is -2.14. The molecule has 2 aromatic rings. The van der Waals surface area contributed by atoms with Gasteiger partial charge in [-0.1, -0.05) is 25.3 Å². The Morgan fingerprint density at radius 1 is 1.03 bits per heavy atom. The quantitative estimate of drug-likeness (QED) is 0.555. The maximum Gasteiger partial charge on any atom is 0.256 e. The van der Waals surface area contributed by atoms with Gasteiger partial charge in [-0.3, -0.25) is 4.98 Å². The largest absolute Gasteiger partial charge is 0.491 e. The first-order valence-electron chi connectivity index (χ1n) is 11.3. The maximum absolute atomic E-state index is 6.36. The number of ether oxygens (including phenoxy) is 3. The van der Waals surface area contributed by atoms with Crippen LogP contribution in [0.5, 0.6) is 11.6 Å². The van der Waals surface area contributed by atoms with Gasteiger partial charge in [0.1, 0.15) is 0 Å². The Labute approximate surface area is 180 Å². The highest BCUT2D eigenvalue weighted by atomic mass is 16.5. The average molecular weight is 411 g/mol. The highest BCUT2D eigenvalue weighted by molar-refractivity contribution is 5.36. The molecular formula is C25H34N2O3. The second kappa shape index (κ2) is 9.34. The fourth-order valence-corrected chi connectivity index (χ4v) is 5.50. The van der Waals surface area contributed by atoms with Crippen molar-refractivity contribution >= 4 is 0 Å². The summed E-state index contributed by atoms with van der Waals surface area (Å²) >= 11 is 0. The molecule has 162 valence electrons. The number of aromatic nitrogens is 2. The SMILES string of the molecule is COc1cc(CCCCC2(c3ccccn3)CCOC3(CCCC3)C2)cnc1OC. The van der Waals surface area contributed by atoms with Gasteiger partial charge in [-0.05, 0) is 68.7 Å². The zero-order valence-electron chi connectivity index (χ0n) is 18.4. The molecule has 2 aromatic heterocycles. The Bertz CT molecular complexity index is 820. The van der Waals surface area contributed by atoms with Gasteiger partial charge >= 0.3 is 0 Å². The summed E-state index contributed by atoms with van der Waals surface area (Å²) in [6.45, 7) is 0.857. The van der Waals surface area contributed by atoms with E-state index in [4.69, 9.17) is 19.2 Å². The standard InChI is InChI=1S/C25H34N2O3/c1-28-21-17-20(18-27-23(21)29-2)9-3-5-11-24(22-10-4-8-15-26-22)14-16-30-25(19-24)12-6-7-13-25/h4,8,10,15,17-18H,3,5-7,9,11-14,16,19H2,1-2H3. The molecule has 1 unspecified atom stereocenters. The first-order chi connectivity index (χ1) is 14.7. The van der Waals surface area contributed by atoms with Crippen molar-refractivity contribution in [1.82, 2.24) is 9.97 Å². The number of nitrogens with zero attached hydrogens (tertiary/aromatic N) is 2. The van der Waals surface area contributed by atoms with E-state index >= 15 is 0 Å². The Kier molecular flexibility index (Phi) is 6.57. The fourth-order valence-electron chi connectivity index (χ4n) is 5.50. The average Bonchev–Trinajstić information content (AvgIpc) is 3.24. The summed E-state index contributed by atoms with van der Waals surface area (Å²) in [5.74, 6) is 1.24. The maximum atomic E-state index is 6.36. The monoisotopic (exact) mass is 410 g/mol. The van der Waals surface area contributed by atoms with E-state index < -0.39 is 0 Å². The van der Waals surface area contributed by atoms with Gasteiger partial charge in [0.2, 0.25) is 0 Å². The van der Waals surface area contributed by atoms with E-state index in [2.05, 4.69) is 17.1 Å². The number of pyridine rings is 2. The van der Waals surface area contributed by atoms with E-state index in [0.717, 1.165) is 38.7 Å². The van der Waals surface area contributed by atoms with Crippen LogP contribution >= 0.6 is 0 Å². The van der Waals surface area contributed by atoms with Crippen LogP contribution in [-0.2, 0) is 16.6 Å². The van der Waals surface area contributed by atoms with Crippen molar-refractivity contribution in [3.05, 3.63) is 47.9 Å². The minimum atomic E-state index is 0.0864. The van der Waals surface area contributed by atoms with E-state index in [1.54, 1.807) is 14.2 Å². The summed E-state index contributed by atoms with van der Waals surface area (Å²) in [5.41, 5.74) is 2.68. The normalized spacial score (nSPS) is 22.9. The van der Waals surface area contributed by atoms with E-state index in [-0.39, 0.29) is 11.0 Å². The van der Waals surface area contributed by atoms with Gasteiger partial charge in [-0.15, -0.1) is 0 Å². The second-order valence-corrected chi connectivity index (χ2v) is 8.92. The van der Waals surface area contributed by atoms with Crippen molar-refractivity contribution in [2.75, 3.05) is 20.8 Å². The lowest BCUT2D eigenvalue weighted by atomic mass is 9.67. The summed E-state index contributed by atoms with van der Waals surface area (Å²) in [6, 6.07) is 8.43. The number of methoxy groups -OCH3 is 2. The lowest BCUT2D eigenvalue weighted by Gasteiger charge is -2.46. The van der Waals surface area contributed by atoms with Crippen LogP contribution in [0.1, 0.15) is 69.0 Å². The lowest BCUT2D eigenvalue weighted by Crippen LogP contribution is -2.46. The first-order valence-corrected chi connectivity index (χ1v) is 11.3. The summed E-state index contributed by atoms with van der Waals surface area (Å²) < 4.78 is 17.0. The topological polar surface area (TPSA) is 53.5 Å².